The van der Waals surface area contributed by atoms with Crippen molar-refractivity contribution in [3.8, 4) is 22.9 Å². The number of aromatic amines is 1. The van der Waals surface area contributed by atoms with E-state index < -0.39 is 5.97 Å². The monoisotopic (exact) mass is 431 g/mol. The number of hydrogen-bond donors (Lipinski definition) is 2. The molecule has 2 N–H and O–H groups in total. The molecule has 5 rings (SSSR count). The third kappa shape index (κ3) is 3.41. The number of H-pyrrole nitrogens is 1. The first kappa shape index (κ1) is 19.2. The van der Waals surface area contributed by atoms with Gasteiger partial charge in [0.25, 0.3) is 6.01 Å². The normalized spacial score (nSPS) is 11.3. The summed E-state index contributed by atoms with van der Waals surface area (Å²) < 4.78 is 7.85. The smallest absolute Gasteiger partial charge is 0.336 e. The number of carbonyl (C=O) groups is 1. The molecule has 2 aromatic heterocycles. The minimum Gasteiger partial charge on any atom is -0.478 e. The van der Waals surface area contributed by atoms with Gasteiger partial charge in [-0.2, -0.15) is 4.98 Å². The Kier molecular flexibility index (Phi) is 4.45. The Hall–Kier alpha value is -3.77. The van der Waals surface area contributed by atoms with Gasteiger partial charge in [0.2, 0.25) is 0 Å². The number of aromatic carboxylic acids is 1. The van der Waals surface area contributed by atoms with Crippen molar-refractivity contribution in [2.75, 3.05) is 0 Å². The van der Waals surface area contributed by atoms with Crippen LogP contribution in [0.5, 0.6) is 11.8 Å². The van der Waals surface area contributed by atoms with Crippen LogP contribution in [0.4, 0.5) is 0 Å². The molecule has 0 saturated heterocycles. The summed E-state index contributed by atoms with van der Waals surface area (Å²) in [6.07, 6.45) is 2.03. The summed E-state index contributed by atoms with van der Waals surface area (Å²) in [6, 6.07) is 17.2. The number of ether oxygens (including phenoxy) is 1. The molecule has 0 bridgehead atoms. The predicted molar refractivity (Wildman–Crippen MR) is 121 cm³/mol. The second-order valence-corrected chi connectivity index (χ2v) is 7.88. The fourth-order valence-corrected chi connectivity index (χ4v) is 3.99. The van der Waals surface area contributed by atoms with Crippen LogP contribution in [0.3, 0.4) is 0 Å². The number of imidazole rings is 1. The van der Waals surface area contributed by atoms with Crippen molar-refractivity contribution in [1.29, 1.82) is 0 Å². The Balaban J connectivity index is 1.53. The molecule has 5 aromatic rings. The average Bonchev–Trinajstić information content (AvgIpc) is 3.30. The Morgan fingerprint density at radius 3 is 2.77 bits per heavy atom. The second-order valence-electron chi connectivity index (χ2n) is 7.48. The minimum absolute atomic E-state index is 0.190. The summed E-state index contributed by atoms with van der Waals surface area (Å²) in [4.78, 5) is 19.0. The topological polar surface area (TPSA) is 80.1 Å². The number of benzene rings is 3. The molecule has 0 spiro atoms. The number of carboxylic acid groups (broad SMARTS) is 1. The van der Waals surface area contributed by atoms with E-state index in [-0.39, 0.29) is 11.6 Å². The number of halogens is 1. The molecule has 0 radical (unpaired) electrons. The highest BCUT2D eigenvalue weighted by Crippen LogP contribution is 2.34. The summed E-state index contributed by atoms with van der Waals surface area (Å²) >= 11 is 6.58. The van der Waals surface area contributed by atoms with Crippen molar-refractivity contribution in [2.24, 2.45) is 7.05 Å². The lowest BCUT2D eigenvalue weighted by Crippen LogP contribution is -2.00. The SMILES string of the molecule is Cc1ccc(Oc2nc3cc(-c4ccc5ccn(C)c5c4)c(Cl)cc3[nH]2)cc1C(=O)O. The van der Waals surface area contributed by atoms with Gasteiger partial charge in [0.1, 0.15) is 5.75 Å². The number of aryl methyl sites for hydroxylation is 2. The molecule has 31 heavy (non-hydrogen) atoms. The van der Waals surface area contributed by atoms with E-state index in [1.54, 1.807) is 19.1 Å². The van der Waals surface area contributed by atoms with Crippen LogP contribution < -0.4 is 4.74 Å². The molecule has 0 aliphatic rings. The van der Waals surface area contributed by atoms with Gasteiger partial charge in [-0.1, -0.05) is 29.8 Å². The van der Waals surface area contributed by atoms with E-state index in [1.807, 2.05) is 31.4 Å². The Bertz CT molecular complexity index is 1480. The Labute approximate surface area is 182 Å². The fourth-order valence-electron chi connectivity index (χ4n) is 3.71. The van der Waals surface area contributed by atoms with Crippen molar-refractivity contribution in [3.05, 3.63) is 76.9 Å². The van der Waals surface area contributed by atoms with E-state index in [9.17, 15) is 9.90 Å². The molecule has 0 amide bonds. The first-order chi connectivity index (χ1) is 14.9. The van der Waals surface area contributed by atoms with Crippen LogP contribution in [0, 0.1) is 6.92 Å². The maximum atomic E-state index is 11.4. The van der Waals surface area contributed by atoms with Crippen LogP contribution in [0.1, 0.15) is 15.9 Å². The molecular formula is C24H18ClN3O3. The molecular weight excluding hydrogens is 414 g/mol. The lowest BCUT2D eigenvalue weighted by atomic mass is 10.0. The first-order valence-electron chi connectivity index (χ1n) is 9.65. The standard InChI is InChI=1S/C24H18ClN3O3/c1-13-3-6-16(10-17(13)23(29)30)31-24-26-20-11-18(19(25)12-21(20)27-24)15-5-4-14-7-8-28(2)22(14)9-15/h3-12H,1-2H3,(H,26,27)(H,29,30). The van der Waals surface area contributed by atoms with Crippen molar-refractivity contribution in [3.63, 3.8) is 0 Å². The first-order valence-corrected chi connectivity index (χ1v) is 10.0. The highest BCUT2D eigenvalue weighted by atomic mass is 35.5. The van der Waals surface area contributed by atoms with E-state index in [4.69, 9.17) is 16.3 Å². The highest BCUT2D eigenvalue weighted by Gasteiger charge is 2.13. The van der Waals surface area contributed by atoms with Crippen LogP contribution in [-0.4, -0.2) is 25.6 Å². The molecule has 0 fully saturated rings. The average molecular weight is 432 g/mol. The molecule has 0 saturated carbocycles. The predicted octanol–water partition coefficient (Wildman–Crippen LogP) is 6.17. The zero-order valence-corrected chi connectivity index (χ0v) is 17.6. The van der Waals surface area contributed by atoms with E-state index >= 15 is 0 Å². The van der Waals surface area contributed by atoms with Crippen LogP contribution >= 0.6 is 11.6 Å². The Morgan fingerprint density at radius 2 is 1.97 bits per heavy atom. The number of nitrogens with zero attached hydrogens (tertiary/aromatic N) is 2. The number of carboxylic acids is 1. The molecule has 7 heteroatoms. The maximum Gasteiger partial charge on any atom is 0.336 e. The summed E-state index contributed by atoms with van der Waals surface area (Å²) in [5.41, 5.74) is 5.27. The maximum absolute atomic E-state index is 11.4. The summed E-state index contributed by atoms with van der Waals surface area (Å²) in [7, 11) is 2.01. The zero-order chi connectivity index (χ0) is 21.7. The van der Waals surface area contributed by atoms with Gasteiger partial charge in [0, 0.05) is 24.3 Å². The van der Waals surface area contributed by atoms with Gasteiger partial charge >= 0.3 is 5.97 Å². The van der Waals surface area contributed by atoms with Gasteiger partial charge in [-0.25, -0.2) is 4.79 Å². The van der Waals surface area contributed by atoms with Gasteiger partial charge in [-0.05, 0) is 59.8 Å². The molecule has 154 valence electrons. The number of aromatic nitrogens is 3. The number of hydrogen-bond acceptors (Lipinski definition) is 3. The van der Waals surface area contributed by atoms with Crippen molar-refractivity contribution < 1.29 is 14.6 Å². The van der Waals surface area contributed by atoms with Gasteiger partial charge in [-0.15, -0.1) is 0 Å². The summed E-state index contributed by atoms with van der Waals surface area (Å²) in [5.74, 6) is -0.610. The van der Waals surface area contributed by atoms with Gasteiger partial charge in [-0.3, -0.25) is 0 Å². The Morgan fingerprint density at radius 1 is 1.13 bits per heavy atom. The molecule has 0 atom stereocenters. The lowest BCUT2D eigenvalue weighted by Gasteiger charge is -2.06. The molecule has 0 unspecified atom stereocenters. The number of nitrogens with one attached hydrogen (secondary N) is 1. The summed E-state index contributed by atoms with van der Waals surface area (Å²) in [6.45, 7) is 1.74. The molecule has 3 aromatic carbocycles. The van der Waals surface area contributed by atoms with E-state index in [0.29, 0.717) is 21.9 Å². The molecule has 0 aliphatic heterocycles. The third-order valence-electron chi connectivity index (χ3n) is 5.40. The van der Waals surface area contributed by atoms with Crippen LogP contribution in [0.2, 0.25) is 5.02 Å². The second kappa shape index (κ2) is 7.18. The van der Waals surface area contributed by atoms with E-state index in [1.165, 1.54) is 6.07 Å². The van der Waals surface area contributed by atoms with E-state index in [2.05, 4.69) is 32.7 Å². The van der Waals surface area contributed by atoms with Gasteiger partial charge < -0.3 is 19.4 Å². The van der Waals surface area contributed by atoms with Crippen LogP contribution in [0.15, 0.2) is 60.8 Å². The highest BCUT2D eigenvalue weighted by molar-refractivity contribution is 6.34. The minimum atomic E-state index is -1.00. The van der Waals surface area contributed by atoms with Crippen molar-refractivity contribution in [1.82, 2.24) is 14.5 Å². The molecule has 2 heterocycles. The van der Waals surface area contributed by atoms with E-state index in [0.717, 1.165) is 27.5 Å². The zero-order valence-electron chi connectivity index (χ0n) is 16.8. The largest absolute Gasteiger partial charge is 0.478 e. The van der Waals surface area contributed by atoms with Crippen LogP contribution in [0.25, 0.3) is 33.1 Å². The van der Waals surface area contributed by atoms with Crippen molar-refractivity contribution >= 4 is 39.5 Å². The molecule has 6 nitrogen and oxygen atoms in total. The quantitative estimate of drug-likeness (QED) is 0.356. The lowest BCUT2D eigenvalue weighted by molar-refractivity contribution is 0.0695. The van der Waals surface area contributed by atoms with Crippen molar-refractivity contribution in [2.45, 2.75) is 6.92 Å². The third-order valence-corrected chi connectivity index (χ3v) is 5.71. The fraction of sp³-hybridized carbons (Fsp3) is 0.0833. The summed E-state index contributed by atoms with van der Waals surface area (Å²) in [5, 5.41) is 11.1. The molecule has 0 aliphatic carbocycles. The van der Waals surface area contributed by atoms with Gasteiger partial charge in [0.05, 0.1) is 21.6 Å². The number of rotatable bonds is 4. The number of fused-ring (bicyclic) bond motifs is 2. The van der Waals surface area contributed by atoms with Gasteiger partial charge in [0.15, 0.2) is 0 Å². The van der Waals surface area contributed by atoms with Crippen LogP contribution in [-0.2, 0) is 7.05 Å².